The van der Waals surface area contributed by atoms with E-state index >= 15 is 0 Å². The number of aromatic nitrogens is 2. The van der Waals surface area contributed by atoms with E-state index in [9.17, 15) is 13.2 Å². The molecule has 0 bridgehead atoms. The van der Waals surface area contributed by atoms with Gasteiger partial charge in [0, 0.05) is 31.7 Å². The number of anilines is 1. The third-order valence-electron chi connectivity index (χ3n) is 2.64. The number of hydrogen-bond acceptors (Lipinski definition) is 5. The highest BCUT2D eigenvalue weighted by Crippen LogP contribution is 2.30. The fourth-order valence-corrected chi connectivity index (χ4v) is 2.33. The van der Waals surface area contributed by atoms with Crippen molar-refractivity contribution in [3.05, 3.63) is 41.2 Å². The summed E-state index contributed by atoms with van der Waals surface area (Å²) in [6, 6.07) is 7.58. The fourth-order valence-electron chi connectivity index (χ4n) is 1.68. The Morgan fingerprint density at radius 3 is 2.60 bits per heavy atom. The molecule has 2 N–H and O–H groups in total. The highest BCUT2D eigenvalue weighted by atomic mass is 32.1. The number of alkyl halides is 3. The SMILES string of the molecule is CN(Cc1cccc(CN)c1)c1nc(C(F)(F)F)ns1. The lowest BCUT2D eigenvalue weighted by Gasteiger charge is -2.15. The second kappa shape index (κ2) is 5.76. The molecule has 0 atom stereocenters. The van der Waals surface area contributed by atoms with E-state index in [1.165, 1.54) is 0 Å². The van der Waals surface area contributed by atoms with Gasteiger partial charge in [-0.25, -0.2) is 0 Å². The van der Waals surface area contributed by atoms with Crippen LogP contribution < -0.4 is 10.6 Å². The van der Waals surface area contributed by atoms with Crippen molar-refractivity contribution in [1.29, 1.82) is 0 Å². The van der Waals surface area contributed by atoms with E-state index in [4.69, 9.17) is 5.73 Å². The molecule has 0 fully saturated rings. The number of benzene rings is 1. The molecule has 0 aliphatic heterocycles. The normalized spacial score (nSPS) is 11.7. The molecule has 4 nitrogen and oxygen atoms in total. The molecule has 0 saturated heterocycles. The zero-order valence-corrected chi connectivity index (χ0v) is 11.5. The standard InChI is InChI=1S/C12H13F3N4S/c1-19(7-9-4-2-3-8(5-9)6-16)11-17-10(18-20-11)12(13,14)15/h2-5H,6-7,16H2,1H3. The zero-order valence-electron chi connectivity index (χ0n) is 10.7. The molecule has 0 saturated carbocycles. The first-order chi connectivity index (χ1) is 9.40. The number of hydrogen-bond donors (Lipinski definition) is 1. The first-order valence-electron chi connectivity index (χ1n) is 5.80. The molecule has 0 aliphatic carbocycles. The van der Waals surface area contributed by atoms with Gasteiger partial charge in [0.1, 0.15) is 0 Å². The summed E-state index contributed by atoms with van der Waals surface area (Å²) < 4.78 is 40.6. The molecule has 20 heavy (non-hydrogen) atoms. The molecule has 8 heteroatoms. The molecule has 2 rings (SSSR count). The fraction of sp³-hybridized carbons (Fsp3) is 0.333. The second-order valence-corrected chi connectivity index (χ2v) is 5.01. The Balaban J connectivity index is 2.11. The summed E-state index contributed by atoms with van der Waals surface area (Å²) in [6.07, 6.45) is -4.50. The van der Waals surface area contributed by atoms with Gasteiger partial charge in [-0.05, 0) is 11.1 Å². The number of halogens is 3. The van der Waals surface area contributed by atoms with Crippen molar-refractivity contribution in [2.45, 2.75) is 19.3 Å². The van der Waals surface area contributed by atoms with E-state index in [1.807, 2.05) is 24.3 Å². The van der Waals surface area contributed by atoms with Gasteiger partial charge in [-0.15, -0.1) is 0 Å². The summed E-state index contributed by atoms with van der Waals surface area (Å²) >= 11 is 0.734. The molecule has 0 spiro atoms. The zero-order chi connectivity index (χ0) is 14.8. The van der Waals surface area contributed by atoms with Gasteiger partial charge in [-0.2, -0.15) is 22.5 Å². The van der Waals surface area contributed by atoms with E-state index in [-0.39, 0.29) is 5.13 Å². The lowest BCUT2D eigenvalue weighted by atomic mass is 10.1. The van der Waals surface area contributed by atoms with Crippen molar-refractivity contribution in [3.8, 4) is 0 Å². The van der Waals surface area contributed by atoms with Gasteiger partial charge in [0.15, 0.2) is 0 Å². The monoisotopic (exact) mass is 302 g/mol. The lowest BCUT2D eigenvalue weighted by molar-refractivity contribution is -0.144. The molecule has 1 aromatic carbocycles. The number of nitrogens with two attached hydrogens (primary N) is 1. The molecule has 0 amide bonds. The second-order valence-electron chi connectivity index (χ2n) is 4.28. The molecular weight excluding hydrogens is 289 g/mol. The van der Waals surface area contributed by atoms with Crippen molar-refractivity contribution in [2.75, 3.05) is 11.9 Å². The molecule has 2 aromatic rings. The van der Waals surface area contributed by atoms with Crippen molar-refractivity contribution < 1.29 is 13.2 Å². The Hall–Kier alpha value is -1.67. The van der Waals surface area contributed by atoms with Crippen LogP contribution in [0.15, 0.2) is 24.3 Å². The molecule has 108 valence electrons. The van der Waals surface area contributed by atoms with Gasteiger partial charge in [-0.1, -0.05) is 24.3 Å². The van der Waals surface area contributed by atoms with Gasteiger partial charge < -0.3 is 10.6 Å². The maximum atomic E-state index is 12.4. The Bertz CT molecular complexity index is 582. The topological polar surface area (TPSA) is 55.0 Å². The summed E-state index contributed by atoms with van der Waals surface area (Å²) in [4.78, 5) is 5.13. The highest BCUT2D eigenvalue weighted by Gasteiger charge is 2.36. The van der Waals surface area contributed by atoms with Gasteiger partial charge in [0.05, 0.1) is 0 Å². The minimum Gasteiger partial charge on any atom is -0.346 e. The van der Waals surface area contributed by atoms with Crippen LogP contribution >= 0.6 is 11.5 Å². The molecular formula is C12H13F3N4S. The number of rotatable bonds is 4. The predicted molar refractivity (Wildman–Crippen MR) is 71.4 cm³/mol. The van der Waals surface area contributed by atoms with Crippen molar-refractivity contribution >= 4 is 16.7 Å². The lowest BCUT2D eigenvalue weighted by Crippen LogP contribution is -2.17. The Labute approximate surface area is 118 Å². The van der Waals surface area contributed by atoms with Gasteiger partial charge in [0.2, 0.25) is 11.0 Å². The van der Waals surface area contributed by atoms with Crippen molar-refractivity contribution in [3.63, 3.8) is 0 Å². The quantitative estimate of drug-likeness (QED) is 0.943. The van der Waals surface area contributed by atoms with Crippen LogP contribution in [0.2, 0.25) is 0 Å². The number of nitrogens with zero attached hydrogens (tertiary/aromatic N) is 3. The van der Waals surface area contributed by atoms with E-state index in [2.05, 4.69) is 9.36 Å². The summed E-state index contributed by atoms with van der Waals surface area (Å²) in [5, 5.41) is 0.232. The largest absolute Gasteiger partial charge is 0.452 e. The Kier molecular flexibility index (Phi) is 4.24. The third kappa shape index (κ3) is 3.45. The van der Waals surface area contributed by atoms with Gasteiger partial charge >= 0.3 is 6.18 Å². The first-order valence-corrected chi connectivity index (χ1v) is 6.57. The minimum absolute atomic E-state index is 0.232. The average Bonchev–Trinajstić information content (AvgIpc) is 2.88. The average molecular weight is 302 g/mol. The maximum absolute atomic E-state index is 12.4. The van der Waals surface area contributed by atoms with Crippen LogP contribution in [-0.2, 0) is 19.3 Å². The van der Waals surface area contributed by atoms with E-state index < -0.39 is 12.0 Å². The molecule has 0 unspecified atom stereocenters. The first kappa shape index (κ1) is 14.7. The summed E-state index contributed by atoms with van der Waals surface area (Å²) in [7, 11) is 1.68. The summed E-state index contributed by atoms with van der Waals surface area (Å²) in [5.74, 6) is -1.10. The van der Waals surface area contributed by atoms with E-state index in [1.54, 1.807) is 11.9 Å². The smallest absolute Gasteiger partial charge is 0.346 e. The van der Waals surface area contributed by atoms with Crippen LogP contribution in [0.3, 0.4) is 0 Å². The van der Waals surface area contributed by atoms with Crippen molar-refractivity contribution in [2.24, 2.45) is 5.73 Å². The molecule has 0 aliphatic rings. The maximum Gasteiger partial charge on any atom is 0.452 e. The molecule has 1 aromatic heterocycles. The minimum atomic E-state index is -4.50. The predicted octanol–water partition coefficient (Wildman–Crippen LogP) is 2.65. The molecule has 1 heterocycles. The summed E-state index contributed by atoms with van der Waals surface area (Å²) in [5.41, 5.74) is 7.49. The van der Waals surface area contributed by atoms with Crippen LogP contribution in [0.5, 0.6) is 0 Å². The third-order valence-corrected chi connectivity index (χ3v) is 3.47. The van der Waals surface area contributed by atoms with Crippen LogP contribution in [-0.4, -0.2) is 16.4 Å². The Morgan fingerprint density at radius 1 is 1.30 bits per heavy atom. The van der Waals surface area contributed by atoms with Crippen molar-refractivity contribution in [1.82, 2.24) is 9.36 Å². The van der Waals surface area contributed by atoms with Gasteiger partial charge in [-0.3, -0.25) is 0 Å². The molecule has 0 radical (unpaired) electrons. The van der Waals surface area contributed by atoms with E-state index in [0.29, 0.717) is 13.1 Å². The van der Waals surface area contributed by atoms with Crippen LogP contribution in [0.1, 0.15) is 17.0 Å². The highest BCUT2D eigenvalue weighted by molar-refractivity contribution is 7.09. The summed E-state index contributed by atoms with van der Waals surface area (Å²) in [6.45, 7) is 0.870. The van der Waals surface area contributed by atoms with Crippen LogP contribution in [0, 0.1) is 0 Å². The van der Waals surface area contributed by atoms with Gasteiger partial charge in [0.25, 0.3) is 0 Å². The van der Waals surface area contributed by atoms with Crippen LogP contribution in [0.4, 0.5) is 18.3 Å². The van der Waals surface area contributed by atoms with E-state index in [0.717, 1.165) is 22.7 Å². The van der Waals surface area contributed by atoms with Crippen LogP contribution in [0.25, 0.3) is 0 Å². The Morgan fingerprint density at radius 2 is 2.00 bits per heavy atom.